The molecular formula is C22H19N5OS. The summed E-state index contributed by atoms with van der Waals surface area (Å²) in [4.78, 5) is 12.5. The number of para-hydroxylation sites is 2. The number of benzene rings is 3. The smallest absolute Gasteiger partial charge is 0.255 e. The van der Waals surface area contributed by atoms with E-state index in [0.29, 0.717) is 11.3 Å². The van der Waals surface area contributed by atoms with Crippen molar-refractivity contribution >= 4 is 23.4 Å². The highest BCUT2D eigenvalue weighted by atomic mass is 32.2. The molecule has 29 heavy (non-hydrogen) atoms. The van der Waals surface area contributed by atoms with E-state index in [0.717, 1.165) is 27.7 Å². The molecule has 1 heterocycles. The SMILES string of the molecule is Cc1ccccc1NC(=O)c1ccc(CSc2nnnn2-c2ccccc2)cc1. The molecule has 0 atom stereocenters. The van der Waals surface area contributed by atoms with E-state index in [2.05, 4.69) is 20.8 Å². The van der Waals surface area contributed by atoms with Crippen molar-refractivity contribution in [3.63, 3.8) is 0 Å². The summed E-state index contributed by atoms with van der Waals surface area (Å²) in [5.41, 5.74) is 4.49. The van der Waals surface area contributed by atoms with Crippen LogP contribution in [-0.4, -0.2) is 26.1 Å². The van der Waals surface area contributed by atoms with E-state index in [1.54, 1.807) is 16.4 Å². The third-order valence-electron chi connectivity index (χ3n) is 4.42. The lowest BCUT2D eigenvalue weighted by Crippen LogP contribution is -2.12. The summed E-state index contributed by atoms with van der Waals surface area (Å²) in [5, 5.41) is 15.6. The van der Waals surface area contributed by atoms with Gasteiger partial charge in [0.25, 0.3) is 5.91 Å². The Kier molecular flexibility index (Phi) is 5.67. The van der Waals surface area contributed by atoms with E-state index < -0.39 is 0 Å². The van der Waals surface area contributed by atoms with Crippen LogP contribution in [0.4, 0.5) is 5.69 Å². The predicted molar refractivity (Wildman–Crippen MR) is 114 cm³/mol. The van der Waals surface area contributed by atoms with Crippen LogP contribution in [0.5, 0.6) is 0 Å². The van der Waals surface area contributed by atoms with Gasteiger partial charge in [-0.3, -0.25) is 4.79 Å². The van der Waals surface area contributed by atoms with E-state index in [-0.39, 0.29) is 5.91 Å². The number of aromatic nitrogens is 4. The molecule has 144 valence electrons. The van der Waals surface area contributed by atoms with Crippen molar-refractivity contribution < 1.29 is 4.79 Å². The van der Waals surface area contributed by atoms with Crippen molar-refractivity contribution in [3.05, 3.63) is 95.6 Å². The molecule has 0 aliphatic carbocycles. The molecule has 7 heteroatoms. The zero-order valence-electron chi connectivity index (χ0n) is 15.8. The highest BCUT2D eigenvalue weighted by Crippen LogP contribution is 2.23. The number of tetrazole rings is 1. The number of anilines is 1. The summed E-state index contributed by atoms with van der Waals surface area (Å²) in [6.07, 6.45) is 0. The Bertz CT molecular complexity index is 1110. The fraction of sp³-hybridized carbons (Fsp3) is 0.0909. The lowest BCUT2D eigenvalue weighted by molar-refractivity contribution is 0.102. The Hall–Kier alpha value is -3.45. The maximum atomic E-state index is 12.5. The number of carbonyl (C=O) groups is 1. The van der Waals surface area contributed by atoms with Gasteiger partial charge in [0.1, 0.15) is 0 Å². The molecule has 4 rings (SSSR count). The van der Waals surface area contributed by atoms with Gasteiger partial charge in [0.15, 0.2) is 0 Å². The van der Waals surface area contributed by atoms with Gasteiger partial charge >= 0.3 is 0 Å². The van der Waals surface area contributed by atoms with Crippen LogP contribution in [0.25, 0.3) is 5.69 Å². The quantitative estimate of drug-likeness (QED) is 0.481. The molecule has 0 aliphatic heterocycles. The summed E-state index contributed by atoms with van der Waals surface area (Å²) < 4.78 is 1.72. The molecule has 6 nitrogen and oxygen atoms in total. The van der Waals surface area contributed by atoms with Crippen LogP contribution in [0.2, 0.25) is 0 Å². The molecule has 0 bridgehead atoms. The molecular weight excluding hydrogens is 382 g/mol. The molecule has 0 fully saturated rings. The van der Waals surface area contributed by atoms with Gasteiger partial charge < -0.3 is 5.32 Å². The molecule has 0 saturated carbocycles. The molecule has 1 amide bonds. The summed E-state index contributed by atoms with van der Waals surface area (Å²) >= 11 is 1.55. The maximum Gasteiger partial charge on any atom is 0.255 e. The Balaban J connectivity index is 1.40. The molecule has 0 radical (unpaired) electrons. The predicted octanol–water partition coefficient (Wildman–Crippen LogP) is 4.52. The zero-order valence-corrected chi connectivity index (χ0v) is 16.6. The van der Waals surface area contributed by atoms with Crippen molar-refractivity contribution in [3.8, 4) is 5.69 Å². The van der Waals surface area contributed by atoms with Crippen LogP contribution in [0.3, 0.4) is 0 Å². The summed E-state index contributed by atoms with van der Waals surface area (Å²) in [6.45, 7) is 1.97. The lowest BCUT2D eigenvalue weighted by atomic mass is 10.1. The first-order valence-corrected chi connectivity index (χ1v) is 10.1. The highest BCUT2D eigenvalue weighted by Gasteiger charge is 2.10. The number of nitrogens with one attached hydrogen (secondary N) is 1. The molecule has 0 unspecified atom stereocenters. The van der Waals surface area contributed by atoms with Crippen molar-refractivity contribution in [2.75, 3.05) is 5.32 Å². The van der Waals surface area contributed by atoms with E-state index in [1.165, 1.54) is 0 Å². The highest BCUT2D eigenvalue weighted by molar-refractivity contribution is 7.98. The normalized spacial score (nSPS) is 10.7. The minimum absolute atomic E-state index is 0.119. The van der Waals surface area contributed by atoms with Gasteiger partial charge in [-0.05, 0) is 58.8 Å². The van der Waals surface area contributed by atoms with E-state index in [9.17, 15) is 4.79 Å². The molecule has 0 saturated heterocycles. The third kappa shape index (κ3) is 4.52. The zero-order chi connectivity index (χ0) is 20.1. The fourth-order valence-corrected chi connectivity index (χ4v) is 3.65. The molecule has 0 spiro atoms. The lowest BCUT2D eigenvalue weighted by Gasteiger charge is -2.09. The standard InChI is InChI=1S/C22H19N5OS/c1-16-7-5-6-10-20(16)23-21(28)18-13-11-17(12-14-18)15-29-22-24-25-26-27(22)19-8-3-2-4-9-19/h2-14H,15H2,1H3,(H,23,28). The van der Waals surface area contributed by atoms with Gasteiger partial charge in [-0.1, -0.05) is 60.3 Å². The van der Waals surface area contributed by atoms with Crippen LogP contribution in [0.15, 0.2) is 84.0 Å². The van der Waals surface area contributed by atoms with Crippen LogP contribution in [0, 0.1) is 6.92 Å². The van der Waals surface area contributed by atoms with E-state index >= 15 is 0 Å². The Morgan fingerprint density at radius 1 is 0.966 bits per heavy atom. The number of hydrogen-bond donors (Lipinski definition) is 1. The molecule has 3 aromatic carbocycles. The second kappa shape index (κ2) is 8.70. The van der Waals surface area contributed by atoms with Crippen molar-refractivity contribution in [2.45, 2.75) is 17.8 Å². The summed E-state index contributed by atoms with van der Waals surface area (Å²) in [6, 6.07) is 25.1. The summed E-state index contributed by atoms with van der Waals surface area (Å²) in [5.74, 6) is 0.582. The van der Waals surface area contributed by atoms with Gasteiger partial charge in [0.2, 0.25) is 5.16 Å². The number of rotatable bonds is 6. The Labute approximate surface area is 173 Å². The first-order chi connectivity index (χ1) is 14.2. The van der Waals surface area contributed by atoms with Gasteiger partial charge in [-0.15, -0.1) is 5.10 Å². The van der Waals surface area contributed by atoms with Gasteiger partial charge in [-0.2, -0.15) is 4.68 Å². The first kappa shape index (κ1) is 18.9. The number of amides is 1. The number of hydrogen-bond acceptors (Lipinski definition) is 5. The minimum atomic E-state index is -0.119. The third-order valence-corrected chi connectivity index (χ3v) is 5.41. The number of aryl methyl sites for hydroxylation is 1. The first-order valence-electron chi connectivity index (χ1n) is 9.13. The topological polar surface area (TPSA) is 72.7 Å². The number of nitrogens with zero attached hydrogens (tertiary/aromatic N) is 4. The molecule has 4 aromatic rings. The average Bonchev–Trinajstić information content (AvgIpc) is 3.23. The summed E-state index contributed by atoms with van der Waals surface area (Å²) in [7, 11) is 0. The average molecular weight is 401 g/mol. The van der Waals surface area contributed by atoms with Gasteiger partial charge in [0.05, 0.1) is 5.69 Å². The van der Waals surface area contributed by atoms with Crippen molar-refractivity contribution in [1.29, 1.82) is 0 Å². The van der Waals surface area contributed by atoms with Crippen LogP contribution >= 0.6 is 11.8 Å². The Morgan fingerprint density at radius 3 is 2.45 bits per heavy atom. The number of carbonyl (C=O) groups excluding carboxylic acids is 1. The van der Waals surface area contributed by atoms with Crippen molar-refractivity contribution in [1.82, 2.24) is 20.2 Å². The molecule has 1 aromatic heterocycles. The van der Waals surface area contributed by atoms with Crippen LogP contribution in [0.1, 0.15) is 21.5 Å². The monoisotopic (exact) mass is 401 g/mol. The Morgan fingerprint density at radius 2 is 1.69 bits per heavy atom. The van der Waals surface area contributed by atoms with Gasteiger partial charge in [0, 0.05) is 17.0 Å². The second-order valence-electron chi connectivity index (χ2n) is 6.46. The van der Waals surface area contributed by atoms with Gasteiger partial charge in [-0.25, -0.2) is 0 Å². The van der Waals surface area contributed by atoms with Crippen molar-refractivity contribution in [2.24, 2.45) is 0 Å². The maximum absolute atomic E-state index is 12.5. The fourth-order valence-electron chi connectivity index (χ4n) is 2.81. The minimum Gasteiger partial charge on any atom is -0.322 e. The van der Waals surface area contributed by atoms with E-state index in [4.69, 9.17) is 0 Å². The second-order valence-corrected chi connectivity index (χ2v) is 7.41. The number of thioether (sulfide) groups is 1. The molecule has 1 N–H and O–H groups in total. The van der Waals surface area contributed by atoms with Crippen LogP contribution in [-0.2, 0) is 5.75 Å². The van der Waals surface area contributed by atoms with E-state index in [1.807, 2.05) is 85.8 Å². The molecule has 0 aliphatic rings. The van der Waals surface area contributed by atoms with Crippen LogP contribution < -0.4 is 5.32 Å². The largest absolute Gasteiger partial charge is 0.322 e.